The molecule has 208 valence electrons. The SMILES string of the molecule is COc1ccc(N(Cc2cnccc2C)C2CCN([C@H](C)CCNC(=O)c3c(C)cc(F)nc3C)CC2)nc1. The van der Waals surface area contributed by atoms with E-state index in [1.165, 1.54) is 17.2 Å². The van der Waals surface area contributed by atoms with Gasteiger partial charge in [0.05, 0.1) is 24.6 Å². The molecule has 1 saturated heterocycles. The van der Waals surface area contributed by atoms with Gasteiger partial charge in [-0.1, -0.05) is 0 Å². The smallest absolute Gasteiger partial charge is 0.253 e. The lowest BCUT2D eigenvalue weighted by atomic mass is 9.99. The number of methoxy groups -OCH3 is 1. The number of carbonyl (C=O) groups excluding carboxylic acids is 1. The molecule has 1 fully saturated rings. The first-order chi connectivity index (χ1) is 18.8. The second-order valence-electron chi connectivity index (χ2n) is 10.4. The Morgan fingerprint density at radius 1 is 1.18 bits per heavy atom. The molecule has 1 amide bonds. The minimum atomic E-state index is -0.560. The van der Waals surface area contributed by atoms with E-state index in [9.17, 15) is 9.18 Å². The Hall–Kier alpha value is -3.59. The highest BCUT2D eigenvalue weighted by Gasteiger charge is 2.28. The summed E-state index contributed by atoms with van der Waals surface area (Å²) in [4.78, 5) is 30.5. The van der Waals surface area contributed by atoms with Crippen LogP contribution < -0.4 is 15.0 Å². The molecule has 0 radical (unpaired) electrons. The standard InChI is InChI=1S/C30H39FN6O2/c1-20-8-12-32-17-24(20)19-37(28-7-6-26(39-5)18-34-28)25-10-14-36(15-11-25)22(3)9-13-33-30(38)29-21(2)16-27(31)35-23(29)4/h6-8,12,16-18,22,25H,9-11,13-15,19H2,1-5H3,(H,33,38)/t22-/m1/s1. The van der Waals surface area contributed by atoms with Gasteiger partial charge in [0, 0.05) is 50.7 Å². The van der Waals surface area contributed by atoms with Crippen LogP contribution in [-0.4, -0.2) is 64.6 Å². The maximum atomic E-state index is 13.5. The summed E-state index contributed by atoms with van der Waals surface area (Å²) in [6.07, 6.45) is 8.42. The van der Waals surface area contributed by atoms with Crippen molar-refractivity contribution in [3.05, 3.63) is 76.8 Å². The van der Waals surface area contributed by atoms with Crippen molar-refractivity contribution >= 4 is 11.7 Å². The number of carbonyl (C=O) groups is 1. The van der Waals surface area contributed by atoms with Crippen molar-refractivity contribution in [2.75, 3.05) is 31.6 Å². The first kappa shape index (κ1) is 28.4. The number of amides is 1. The molecule has 39 heavy (non-hydrogen) atoms. The molecule has 8 nitrogen and oxygen atoms in total. The molecule has 9 heteroatoms. The summed E-state index contributed by atoms with van der Waals surface area (Å²) in [7, 11) is 1.65. The van der Waals surface area contributed by atoms with E-state index in [0.29, 0.717) is 35.4 Å². The van der Waals surface area contributed by atoms with E-state index in [1.807, 2.05) is 30.6 Å². The summed E-state index contributed by atoms with van der Waals surface area (Å²) in [6.45, 7) is 11.0. The van der Waals surface area contributed by atoms with Crippen molar-refractivity contribution in [2.24, 2.45) is 0 Å². The number of hydrogen-bond donors (Lipinski definition) is 1. The molecule has 0 aromatic carbocycles. The van der Waals surface area contributed by atoms with Gasteiger partial charge in [-0.05, 0) is 87.9 Å². The fourth-order valence-electron chi connectivity index (χ4n) is 5.34. The van der Waals surface area contributed by atoms with Crippen LogP contribution in [-0.2, 0) is 6.54 Å². The summed E-state index contributed by atoms with van der Waals surface area (Å²) >= 11 is 0. The number of halogens is 1. The predicted molar refractivity (Wildman–Crippen MR) is 151 cm³/mol. The molecule has 1 N–H and O–H groups in total. The topological polar surface area (TPSA) is 83.5 Å². The van der Waals surface area contributed by atoms with E-state index in [2.05, 4.69) is 38.9 Å². The largest absolute Gasteiger partial charge is 0.495 e. The number of likely N-dealkylation sites (tertiary alicyclic amines) is 1. The second kappa shape index (κ2) is 13.0. The molecule has 0 bridgehead atoms. The fourth-order valence-corrected chi connectivity index (χ4v) is 5.34. The molecular weight excluding hydrogens is 495 g/mol. The highest BCUT2D eigenvalue weighted by Crippen LogP contribution is 2.27. The third-order valence-electron chi connectivity index (χ3n) is 7.74. The molecule has 1 aliphatic heterocycles. The fraction of sp³-hybridized carbons (Fsp3) is 0.467. The van der Waals surface area contributed by atoms with E-state index in [1.54, 1.807) is 27.2 Å². The number of hydrogen-bond acceptors (Lipinski definition) is 7. The van der Waals surface area contributed by atoms with E-state index in [4.69, 9.17) is 9.72 Å². The number of ether oxygens (including phenoxy) is 1. The van der Waals surface area contributed by atoms with Crippen LogP contribution in [0.15, 0.2) is 42.9 Å². The van der Waals surface area contributed by atoms with Gasteiger partial charge in [0.1, 0.15) is 11.6 Å². The number of nitrogens with one attached hydrogen (secondary N) is 1. The number of anilines is 1. The minimum Gasteiger partial charge on any atom is -0.495 e. The molecule has 3 aromatic heterocycles. The molecular formula is C30H39FN6O2. The Balaban J connectivity index is 1.34. The monoisotopic (exact) mass is 534 g/mol. The van der Waals surface area contributed by atoms with E-state index < -0.39 is 5.95 Å². The zero-order valence-electron chi connectivity index (χ0n) is 23.6. The van der Waals surface area contributed by atoms with Gasteiger partial charge < -0.3 is 19.9 Å². The van der Waals surface area contributed by atoms with Crippen LogP contribution >= 0.6 is 0 Å². The Morgan fingerprint density at radius 3 is 2.59 bits per heavy atom. The van der Waals surface area contributed by atoms with Gasteiger partial charge >= 0.3 is 0 Å². The maximum absolute atomic E-state index is 13.5. The van der Waals surface area contributed by atoms with Crippen molar-refractivity contribution in [1.29, 1.82) is 0 Å². The number of piperidine rings is 1. The Labute approximate surface area is 230 Å². The number of pyridine rings is 3. The number of aromatic nitrogens is 3. The van der Waals surface area contributed by atoms with Crippen molar-refractivity contribution in [2.45, 2.75) is 65.6 Å². The van der Waals surface area contributed by atoms with Crippen LogP contribution in [0.2, 0.25) is 0 Å². The van der Waals surface area contributed by atoms with Gasteiger partial charge in [0.15, 0.2) is 0 Å². The lowest BCUT2D eigenvalue weighted by molar-refractivity contribution is 0.0943. The maximum Gasteiger partial charge on any atom is 0.253 e. The normalized spacial score (nSPS) is 15.1. The van der Waals surface area contributed by atoms with Crippen molar-refractivity contribution in [3.63, 3.8) is 0 Å². The third-order valence-corrected chi connectivity index (χ3v) is 7.74. The zero-order chi connectivity index (χ0) is 27.9. The average Bonchev–Trinajstić information content (AvgIpc) is 2.92. The third kappa shape index (κ3) is 7.09. The lowest BCUT2D eigenvalue weighted by Crippen LogP contribution is -2.48. The summed E-state index contributed by atoms with van der Waals surface area (Å²) in [6, 6.07) is 8.02. The number of nitrogens with zero attached hydrogens (tertiary/aromatic N) is 5. The first-order valence-corrected chi connectivity index (χ1v) is 13.6. The van der Waals surface area contributed by atoms with Gasteiger partial charge in [0.2, 0.25) is 5.95 Å². The molecule has 1 atom stereocenters. The van der Waals surface area contributed by atoms with Gasteiger partial charge in [0.25, 0.3) is 5.91 Å². The summed E-state index contributed by atoms with van der Waals surface area (Å²) in [5, 5.41) is 3.00. The highest BCUT2D eigenvalue weighted by atomic mass is 19.1. The van der Waals surface area contributed by atoms with Crippen LogP contribution in [0.3, 0.4) is 0 Å². The Morgan fingerprint density at radius 2 is 1.95 bits per heavy atom. The van der Waals surface area contributed by atoms with Crippen molar-refractivity contribution < 1.29 is 13.9 Å². The second-order valence-corrected chi connectivity index (χ2v) is 10.4. The van der Waals surface area contributed by atoms with E-state index in [-0.39, 0.29) is 5.91 Å². The van der Waals surface area contributed by atoms with Crippen LogP contribution in [0, 0.1) is 26.7 Å². The Kier molecular flexibility index (Phi) is 9.45. The zero-order valence-corrected chi connectivity index (χ0v) is 23.6. The van der Waals surface area contributed by atoms with Crippen LogP contribution in [0.4, 0.5) is 10.2 Å². The van der Waals surface area contributed by atoms with Crippen LogP contribution in [0.25, 0.3) is 0 Å². The molecule has 0 saturated carbocycles. The molecule has 1 aliphatic rings. The van der Waals surface area contributed by atoms with Crippen molar-refractivity contribution in [1.82, 2.24) is 25.2 Å². The predicted octanol–water partition coefficient (Wildman–Crippen LogP) is 4.62. The number of aryl methyl sites for hydroxylation is 3. The van der Waals surface area contributed by atoms with Gasteiger partial charge in [-0.2, -0.15) is 4.39 Å². The quantitative estimate of drug-likeness (QED) is 0.380. The minimum absolute atomic E-state index is 0.197. The molecule has 4 rings (SSSR count). The molecule has 0 spiro atoms. The van der Waals surface area contributed by atoms with E-state index in [0.717, 1.165) is 50.5 Å². The molecule has 0 unspecified atom stereocenters. The first-order valence-electron chi connectivity index (χ1n) is 13.6. The summed E-state index contributed by atoms with van der Waals surface area (Å²) in [5.41, 5.74) is 3.89. The van der Waals surface area contributed by atoms with Crippen LogP contribution in [0.1, 0.15) is 58.9 Å². The molecule has 4 heterocycles. The van der Waals surface area contributed by atoms with E-state index >= 15 is 0 Å². The van der Waals surface area contributed by atoms with Gasteiger partial charge in [-0.25, -0.2) is 9.97 Å². The molecule has 0 aliphatic carbocycles. The van der Waals surface area contributed by atoms with Gasteiger partial charge in [-0.15, -0.1) is 0 Å². The van der Waals surface area contributed by atoms with Gasteiger partial charge in [-0.3, -0.25) is 9.78 Å². The highest BCUT2D eigenvalue weighted by molar-refractivity contribution is 5.96. The number of rotatable bonds is 10. The van der Waals surface area contributed by atoms with Crippen LogP contribution in [0.5, 0.6) is 5.75 Å². The Bertz CT molecular complexity index is 1240. The summed E-state index contributed by atoms with van der Waals surface area (Å²) in [5.74, 6) is 0.925. The average molecular weight is 535 g/mol. The lowest BCUT2D eigenvalue weighted by Gasteiger charge is -2.41. The van der Waals surface area contributed by atoms with Crippen molar-refractivity contribution in [3.8, 4) is 5.75 Å². The summed E-state index contributed by atoms with van der Waals surface area (Å²) < 4.78 is 18.8. The molecule has 3 aromatic rings.